The van der Waals surface area contributed by atoms with E-state index in [4.69, 9.17) is 0 Å². The van der Waals surface area contributed by atoms with Crippen LogP contribution in [0.4, 0.5) is 9.59 Å². The molecule has 0 aromatic rings. The molecule has 0 aromatic carbocycles. The molecule has 0 heterocycles. The van der Waals surface area contributed by atoms with Crippen LogP contribution in [0, 0.1) is 0 Å². The van der Waals surface area contributed by atoms with Crippen molar-refractivity contribution in [1.82, 2.24) is 0 Å². The standard InChI is InChI=1S/C4H4O2S2Se2/c5-3(9)7-1-2-8-4(6)10/h1-2H,(H,5,9)(H,6,10)/b2-1+. The van der Waals surface area contributed by atoms with Crippen molar-refractivity contribution in [1.29, 1.82) is 0 Å². The zero-order valence-corrected chi connectivity index (χ0v) is 10.1. The average molecular weight is 306 g/mol. The van der Waals surface area contributed by atoms with Gasteiger partial charge in [0.2, 0.25) is 0 Å². The number of thioether (sulfide) groups is 2. The maximum absolute atomic E-state index is 10.3. The molecule has 0 aliphatic carbocycles. The minimum absolute atomic E-state index is 0.0395. The van der Waals surface area contributed by atoms with E-state index in [1.165, 1.54) is 0 Å². The Morgan fingerprint density at radius 3 is 1.50 bits per heavy atom. The van der Waals surface area contributed by atoms with Crippen molar-refractivity contribution in [3.05, 3.63) is 10.8 Å². The molecule has 0 saturated carbocycles. The Morgan fingerprint density at radius 2 is 1.30 bits per heavy atom. The van der Waals surface area contributed by atoms with Crippen molar-refractivity contribution in [2.75, 3.05) is 0 Å². The van der Waals surface area contributed by atoms with E-state index < -0.39 is 0 Å². The van der Waals surface area contributed by atoms with Crippen molar-refractivity contribution < 1.29 is 9.59 Å². The molecule has 0 aromatic heterocycles. The summed E-state index contributed by atoms with van der Waals surface area (Å²) in [6.45, 7) is 0. The van der Waals surface area contributed by atoms with E-state index in [1.54, 1.807) is 10.8 Å². The third-order valence-corrected chi connectivity index (χ3v) is 2.84. The molecule has 0 aliphatic heterocycles. The van der Waals surface area contributed by atoms with E-state index >= 15 is 0 Å². The van der Waals surface area contributed by atoms with Crippen molar-refractivity contribution in [2.45, 2.75) is 0 Å². The number of hydrogen-bond donors (Lipinski definition) is 0. The molecule has 0 saturated heterocycles. The number of hydrogen-bond acceptors (Lipinski definition) is 4. The molecule has 2 nitrogen and oxygen atoms in total. The number of carbonyl (C=O) groups is 2. The van der Waals surface area contributed by atoms with E-state index in [9.17, 15) is 9.59 Å². The molecule has 0 fully saturated rings. The quantitative estimate of drug-likeness (QED) is 0.712. The van der Waals surface area contributed by atoms with Crippen molar-refractivity contribution in [3.8, 4) is 0 Å². The predicted octanol–water partition coefficient (Wildman–Crippen LogP) is 0.966. The molecule has 0 aliphatic rings. The molecule has 0 spiro atoms. The first-order valence-electron chi connectivity index (χ1n) is 2.07. The van der Waals surface area contributed by atoms with Gasteiger partial charge in [-0.05, 0) is 0 Å². The van der Waals surface area contributed by atoms with Gasteiger partial charge in [-0.1, -0.05) is 0 Å². The molecule has 0 N–H and O–H groups in total. The second-order valence-electron chi connectivity index (χ2n) is 1.04. The summed E-state index contributed by atoms with van der Waals surface area (Å²) in [4.78, 5) is 20.5. The van der Waals surface area contributed by atoms with Gasteiger partial charge in [-0.3, -0.25) is 0 Å². The Kier molecular flexibility index (Phi) is 7.06. The average Bonchev–Trinajstić information content (AvgIpc) is 1.79. The van der Waals surface area contributed by atoms with Crippen LogP contribution in [0.3, 0.4) is 0 Å². The molecular weight excluding hydrogens is 302 g/mol. The zero-order valence-electron chi connectivity index (χ0n) is 4.68. The normalized spacial score (nSPS) is 10.2. The zero-order chi connectivity index (χ0) is 7.98. The third-order valence-electron chi connectivity index (χ3n) is 0.393. The van der Waals surface area contributed by atoms with Crippen LogP contribution in [0.15, 0.2) is 10.8 Å². The molecular formula is C4H4O2S2Se2. The maximum atomic E-state index is 10.3. The number of carbonyl (C=O) groups excluding carboxylic acids is 2. The van der Waals surface area contributed by atoms with Crippen LogP contribution < -0.4 is 0 Å². The molecule has 0 amide bonds. The van der Waals surface area contributed by atoms with Crippen LogP contribution in [0.25, 0.3) is 0 Å². The molecule has 10 heavy (non-hydrogen) atoms. The minimum atomic E-state index is -0.0395. The fourth-order valence-electron chi connectivity index (χ4n) is 0.172. The van der Waals surface area contributed by atoms with Crippen LogP contribution in [0.5, 0.6) is 0 Å². The third kappa shape index (κ3) is 8.82. The van der Waals surface area contributed by atoms with Gasteiger partial charge in [0.25, 0.3) is 0 Å². The summed E-state index contributed by atoms with van der Waals surface area (Å²) in [5.74, 6) is 0. The second-order valence-corrected chi connectivity index (χ2v) is 5.82. The molecule has 0 unspecified atom stereocenters. The van der Waals surface area contributed by atoms with Gasteiger partial charge in [0, 0.05) is 0 Å². The Morgan fingerprint density at radius 1 is 1.00 bits per heavy atom. The summed E-state index contributed by atoms with van der Waals surface area (Å²) in [6, 6.07) is 0. The van der Waals surface area contributed by atoms with Crippen LogP contribution in [-0.4, -0.2) is 40.1 Å². The summed E-state index contributed by atoms with van der Waals surface area (Å²) in [7, 11) is 0. The summed E-state index contributed by atoms with van der Waals surface area (Å²) < 4.78 is -0.0789. The Balaban J connectivity index is 3.38. The fourth-order valence-corrected chi connectivity index (χ4v) is 1.62. The van der Waals surface area contributed by atoms with E-state index in [0.29, 0.717) is 0 Å². The first kappa shape index (κ1) is 10.8. The van der Waals surface area contributed by atoms with Gasteiger partial charge in [-0.25, -0.2) is 0 Å². The summed E-state index contributed by atoms with van der Waals surface area (Å²) >= 11 is 5.87. The summed E-state index contributed by atoms with van der Waals surface area (Å²) in [6.07, 6.45) is 0. The molecule has 56 valence electrons. The number of rotatable bonds is 2. The van der Waals surface area contributed by atoms with Gasteiger partial charge in [-0.2, -0.15) is 0 Å². The van der Waals surface area contributed by atoms with Crippen LogP contribution in [0.1, 0.15) is 0 Å². The van der Waals surface area contributed by atoms with E-state index in [0.717, 1.165) is 23.5 Å². The van der Waals surface area contributed by atoms with Gasteiger partial charge in [0.1, 0.15) is 0 Å². The second kappa shape index (κ2) is 6.52. The van der Waals surface area contributed by atoms with E-state index in [1.807, 2.05) is 32.0 Å². The molecule has 6 heteroatoms. The Labute approximate surface area is 83.6 Å². The van der Waals surface area contributed by atoms with Crippen molar-refractivity contribution in [3.63, 3.8) is 0 Å². The Hall–Kier alpha value is 0.819. The van der Waals surface area contributed by atoms with Crippen LogP contribution in [-0.2, 0) is 0 Å². The SMILES string of the molecule is O=C([SeH])S/C=C/SC(=O)[SeH]. The van der Waals surface area contributed by atoms with E-state index in [2.05, 4.69) is 0 Å². The Bertz CT molecular complexity index is 151. The first-order chi connectivity index (χ1) is 4.63. The van der Waals surface area contributed by atoms with Crippen LogP contribution in [0.2, 0.25) is 0 Å². The molecule has 0 radical (unpaired) electrons. The predicted molar refractivity (Wildman–Crippen MR) is 49.4 cm³/mol. The van der Waals surface area contributed by atoms with Gasteiger partial charge < -0.3 is 0 Å². The topological polar surface area (TPSA) is 34.1 Å². The summed E-state index contributed by atoms with van der Waals surface area (Å²) in [5, 5.41) is 3.16. The molecule has 0 atom stereocenters. The van der Waals surface area contributed by atoms with Gasteiger partial charge in [0.15, 0.2) is 0 Å². The molecule has 0 bridgehead atoms. The van der Waals surface area contributed by atoms with Crippen molar-refractivity contribution >= 4 is 63.6 Å². The van der Waals surface area contributed by atoms with Gasteiger partial charge in [0.05, 0.1) is 0 Å². The van der Waals surface area contributed by atoms with Crippen LogP contribution >= 0.6 is 23.5 Å². The molecule has 0 rings (SSSR count). The van der Waals surface area contributed by atoms with Gasteiger partial charge in [-0.15, -0.1) is 0 Å². The summed E-state index contributed by atoms with van der Waals surface area (Å²) in [5.41, 5.74) is 0. The van der Waals surface area contributed by atoms with Crippen molar-refractivity contribution in [2.24, 2.45) is 0 Å². The van der Waals surface area contributed by atoms with Gasteiger partial charge >= 0.3 is 84.0 Å². The fraction of sp³-hybridized carbons (Fsp3) is 0. The monoisotopic (exact) mass is 308 g/mol. The van der Waals surface area contributed by atoms with E-state index in [-0.39, 0.29) is 8.03 Å². The first-order valence-corrected chi connectivity index (χ1v) is 5.70.